The molecule has 0 bridgehead atoms. The summed E-state index contributed by atoms with van der Waals surface area (Å²) in [6.07, 6.45) is 6.86. The molecule has 1 aliphatic rings. The monoisotopic (exact) mass is 266 g/mol. The van der Waals surface area contributed by atoms with E-state index in [-0.39, 0.29) is 17.6 Å². The van der Waals surface area contributed by atoms with Crippen LogP contribution in [0.4, 0.5) is 4.39 Å². The lowest BCUT2D eigenvalue weighted by atomic mass is 10.1. The number of aromatic nitrogens is 1. The minimum Gasteiger partial charge on any atom is -0.378 e. The molecule has 0 aliphatic carbocycles. The van der Waals surface area contributed by atoms with Gasteiger partial charge >= 0.3 is 0 Å². The molecule has 0 radical (unpaired) electrons. The van der Waals surface area contributed by atoms with E-state index in [0.29, 0.717) is 6.54 Å². The number of carbonyl (C=O) groups is 1. The molecule has 4 nitrogen and oxygen atoms in total. The van der Waals surface area contributed by atoms with Crippen LogP contribution in [-0.4, -0.2) is 42.1 Å². The first-order valence-electron chi connectivity index (χ1n) is 6.65. The minimum atomic E-state index is -0.576. The van der Waals surface area contributed by atoms with Crippen molar-refractivity contribution >= 4 is 5.91 Å². The molecule has 0 N–H and O–H groups in total. The molecule has 2 heterocycles. The van der Waals surface area contributed by atoms with Crippen LogP contribution in [0.3, 0.4) is 0 Å². The van der Waals surface area contributed by atoms with Gasteiger partial charge in [-0.2, -0.15) is 0 Å². The Kier molecular flexibility index (Phi) is 4.85. The molecule has 19 heavy (non-hydrogen) atoms. The third kappa shape index (κ3) is 3.73. The van der Waals surface area contributed by atoms with Crippen LogP contribution in [-0.2, 0) is 4.74 Å². The number of carbonyl (C=O) groups excluding carboxylic acids is 1. The van der Waals surface area contributed by atoms with Crippen molar-refractivity contribution in [3.8, 4) is 0 Å². The lowest BCUT2D eigenvalue weighted by Gasteiger charge is -2.25. The quantitative estimate of drug-likeness (QED) is 0.839. The fourth-order valence-corrected chi connectivity index (χ4v) is 2.23. The summed E-state index contributed by atoms with van der Waals surface area (Å²) in [5.41, 5.74) is 0.0714. The van der Waals surface area contributed by atoms with Crippen molar-refractivity contribution in [1.29, 1.82) is 0 Å². The molecule has 2 rings (SSSR count). The molecule has 0 saturated carbocycles. The van der Waals surface area contributed by atoms with Gasteiger partial charge in [0, 0.05) is 26.4 Å². The van der Waals surface area contributed by atoms with Gasteiger partial charge in [-0.3, -0.25) is 9.78 Å². The van der Waals surface area contributed by atoms with Crippen molar-refractivity contribution in [2.75, 3.05) is 20.2 Å². The van der Waals surface area contributed by atoms with Crippen LogP contribution < -0.4 is 0 Å². The van der Waals surface area contributed by atoms with E-state index >= 15 is 0 Å². The number of nitrogens with zero attached hydrogens (tertiary/aromatic N) is 2. The van der Waals surface area contributed by atoms with E-state index < -0.39 is 5.82 Å². The average molecular weight is 266 g/mol. The first kappa shape index (κ1) is 13.9. The van der Waals surface area contributed by atoms with Gasteiger partial charge < -0.3 is 9.64 Å². The van der Waals surface area contributed by atoms with Crippen molar-refractivity contribution in [2.24, 2.45) is 0 Å². The molecule has 1 aromatic rings. The Morgan fingerprint density at radius 2 is 2.42 bits per heavy atom. The molecule has 1 aliphatic heterocycles. The van der Waals surface area contributed by atoms with E-state index in [1.54, 1.807) is 7.05 Å². The fourth-order valence-electron chi connectivity index (χ4n) is 2.23. The molecule has 1 fully saturated rings. The maximum atomic E-state index is 13.5. The van der Waals surface area contributed by atoms with Gasteiger partial charge in [-0.15, -0.1) is 0 Å². The Labute approximate surface area is 112 Å². The second-order valence-electron chi connectivity index (χ2n) is 4.86. The van der Waals surface area contributed by atoms with Crippen molar-refractivity contribution in [2.45, 2.75) is 31.8 Å². The van der Waals surface area contributed by atoms with Crippen LogP contribution in [0.1, 0.15) is 36.0 Å². The highest BCUT2D eigenvalue weighted by Crippen LogP contribution is 2.16. The lowest BCUT2D eigenvalue weighted by molar-refractivity contribution is 0.00706. The van der Waals surface area contributed by atoms with Crippen LogP contribution in [0.15, 0.2) is 18.5 Å². The van der Waals surface area contributed by atoms with Crippen molar-refractivity contribution in [3.05, 3.63) is 29.8 Å². The summed E-state index contributed by atoms with van der Waals surface area (Å²) in [4.78, 5) is 17.2. The summed E-state index contributed by atoms with van der Waals surface area (Å²) in [6, 6.07) is 1.41. The highest BCUT2D eigenvalue weighted by atomic mass is 19.1. The van der Waals surface area contributed by atoms with Gasteiger partial charge in [0.05, 0.1) is 17.9 Å². The number of pyridine rings is 1. The largest absolute Gasteiger partial charge is 0.378 e. The SMILES string of the molecule is CN(CC[C@@H]1CCCCO1)C(=O)c1ccncc1F. The molecule has 0 aromatic carbocycles. The lowest BCUT2D eigenvalue weighted by Crippen LogP contribution is -2.32. The highest BCUT2D eigenvalue weighted by molar-refractivity contribution is 5.94. The molecular weight excluding hydrogens is 247 g/mol. The van der Waals surface area contributed by atoms with E-state index in [1.165, 1.54) is 23.6 Å². The van der Waals surface area contributed by atoms with E-state index in [1.807, 2.05) is 0 Å². The number of amides is 1. The van der Waals surface area contributed by atoms with E-state index in [4.69, 9.17) is 4.74 Å². The van der Waals surface area contributed by atoms with Crippen LogP contribution in [0, 0.1) is 5.82 Å². The minimum absolute atomic E-state index is 0.0714. The third-order valence-corrected chi connectivity index (χ3v) is 3.41. The van der Waals surface area contributed by atoms with Crippen molar-refractivity contribution in [3.63, 3.8) is 0 Å². The zero-order valence-corrected chi connectivity index (χ0v) is 11.1. The molecular formula is C14H19FN2O2. The second-order valence-corrected chi connectivity index (χ2v) is 4.86. The molecule has 0 spiro atoms. The zero-order chi connectivity index (χ0) is 13.7. The first-order valence-corrected chi connectivity index (χ1v) is 6.65. The Balaban J connectivity index is 1.87. The smallest absolute Gasteiger partial charge is 0.256 e. The molecule has 5 heteroatoms. The summed E-state index contributed by atoms with van der Waals surface area (Å²) in [5.74, 6) is -0.885. The molecule has 104 valence electrons. The van der Waals surface area contributed by atoms with E-state index in [2.05, 4.69) is 4.98 Å². The van der Waals surface area contributed by atoms with Crippen LogP contribution in [0.25, 0.3) is 0 Å². The number of ether oxygens (including phenoxy) is 1. The summed E-state index contributed by atoms with van der Waals surface area (Å²) >= 11 is 0. The van der Waals surface area contributed by atoms with Gasteiger partial charge in [-0.05, 0) is 31.7 Å². The zero-order valence-electron chi connectivity index (χ0n) is 11.1. The number of rotatable bonds is 4. The van der Waals surface area contributed by atoms with Gasteiger partial charge in [-0.25, -0.2) is 4.39 Å². The van der Waals surface area contributed by atoms with Crippen LogP contribution in [0.2, 0.25) is 0 Å². The third-order valence-electron chi connectivity index (χ3n) is 3.41. The standard InChI is InChI=1S/C14H19FN2O2/c1-17(8-6-11-4-2-3-9-19-11)14(18)12-5-7-16-10-13(12)15/h5,7,10-11H,2-4,6,8-9H2,1H3/t11-/m0/s1. The molecule has 0 unspecified atom stereocenters. The molecule has 1 aromatic heterocycles. The maximum absolute atomic E-state index is 13.5. The van der Waals surface area contributed by atoms with Gasteiger partial charge in [0.25, 0.3) is 5.91 Å². The average Bonchev–Trinajstić information content (AvgIpc) is 2.45. The second kappa shape index (κ2) is 6.61. The predicted octanol–water partition coefficient (Wildman–Crippen LogP) is 2.25. The van der Waals surface area contributed by atoms with Gasteiger partial charge in [0.15, 0.2) is 5.82 Å². The Morgan fingerprint density at radius 1 is 1.58 bits per heavy atom. The Bertz CT molecular complexity index is 433. The summed E-state index contributed by atoms with van der Waals surface area (Å²) in [5, 5.41) is 0. The Hall–Kier alpha value is -1.49. The molecule has 1 saturated heterocycles. The van der Waals surface area contributed by atoms with Crippen LogP contribution in [0.5, 0.6) is 0 Å². The summed E-state index contributed by atoms with van der Waals surface area (Å²) in [7, 11) is 1.69. The normalized spacial score (nSPS) is 19.2. The van der Waals surface area contributed by atoms with Crippen molar-refractivity contribution < 1.29 is 13.9 Å². The summed E-state index contributed by atoms with van der Waals surface area (Å²) < 4.78 is 19.1. The van der Waals surface area contributed by atoms with Crippen LogP contribution >= 0.6 is 0 Å². The predicted molar refractivity (Wildman–Crippen MR) is 69.4 cm³/mol. The summed E-state index contributed by atoms with van der Waals surface area (Å²) in [6.45, 7) is 1.38. The highest BCUT2D eigenvalue weighted by Gasteiger charge is 2.19. The van der Waals surface area contributed by atoms with Gasteiger partial charge in [0.1, 0.15) is 0 Å². The molecule has 1 amide bonds. The number of hydrogen-bond acceptors (Lipinski definition) is 3. The molecule has 1 atom stereocenters. The van der Waals surface area contributed by atoms with Crippen molar-refractivity contribution in [1.82, 2.24) is 9.88 Å². The van der Waals surface area contributed by atoms with E-state index in [0.717, 1.165) is 32.1 Å². The Morgan fingerprint density at radius 3 is 3.11 bits per heavy atom. The maximum Gasteiger partial charge on any atom is 0.256 e. The number of hydrogen-bond donors (Lipinski definition) is 0. The van der Waals surface area contributed by atoms with Gasteiger partial charge in [-0.1, -0.05) is 0 Å². The number of halogens is 1. The van der Waals surface area contributed by atoms with Gasteiger partial charge in [0.2, 0.25) is 0 Å². The fraction of sp³-hybridized carbons (Fsp3) is 0.571. The van der Waals surface area contributed by atoms with E-state index in [9.17, 15) is 9.18 Å². The topological polar surface area (TPSA) is 42.4 Å². The first-order chi connectivity index (χ1) is 9.18.